The summed E-state index contributed by atoms with van der Waals surface area (Å²) in [5.74, 6) is -0.558. The second kappa shape index (κ2) is 7.41. The van der Waals surface area contributed by atoms with Crippen LogP contribution in [-0.4, -0.2) is 54.6 Å². The SMILES string of the molecule is CC(C)C[C@H](N[C@@H](C[N+](=O)[O-])C(F)(F)F)C(=O)N(C)C. The first-order valence-electron chi connectivity index (χ1n) is 6.10. The van der Waals surface area contributed by atoms with E-state index in [2.05, 4.69) is 5.32 Å². The van der Waals surface area contributed by atoms with Gasteiger partial charge in [-0.05, 0) is 12.3 Å². The molecule has 1 N–H and O–H groups in total. The fourth-order valence-electron chi connectivity index (χ4n) is 1.67. The molecule has 20 heavy (non-hydrogen) atoms. The van der Waals surface area contributed by atoms with Crippen LogP contribution in [0, 0.1) is 16.0 Å². The largest absolute Gasteiger partial charge is 0.410 e. The van der Waals surface area contributed by atoms with Gasteiger partial charge >= 0.3 is 6.18 Å². The van der Waals surface area contributed by atoms with E-state index in [-0.39, 0.29) is 12.3 Å². The lowest BCUT2D eigenvalue weighted by Gasteiger charge is -2.27. The van der Waals surface area contributed by atoms with Gasteiger partial charge in [-0.1, -0.05) is 13.8 Å². The summed E-state index contributed by atoms with van der Waals surface area (Å²) in [5, 5.41) is 12.4. The molecule has 6 nitrogen and oxygen atoms in total. The zero-order valence-corrected chi connectivity index (χ0v) is 11.9. The van der Waals surface area contributed by atoms with E-state index in [0.717, 1.165) is 0 Å². The van der Waals surface area contributed by atoms with Crippen LogP contribution in [0.25, 0.3) is 0 Å². The number of alkyl halides is 3. The second-order valence-corrected chi connectivity index (χ2v) is 5.19. The molecule has 0 aromatic heterocycles. The molecule has 118 valence electrons. The average molecular weight is 299 g/mol. The number of nitrogens with zero attached hydrogens (tertiary/aromatic N) is 2. The van der Waals surface area contributed by atoms with Crippen LogP contribution >= 0.6 is 0 Å². The Hall–Kier alpha value is -1.38. The molecule has 0 aromatic rings. The summed E-state index contributed by atoms with van der Waals surface area (Å²) in [6.07, 6.45) is -4.61. The van der Waals surface area contributed by atoms with Gasteiger partial charge in [0.15, 0.2) is 6.04 Å². The zero-order valence-electron chi connectivity index (χ0n) is 11.9. The predicted octanol–water partition coefficient (Wildman–Crippen LogP) is 1.29. The van der Waals surface area contributed by atoms with Gasteiger partial charge in [0.1, 0.15) is 0 Å². The molecule has 0 rings (SSSR count). The lowest BCUT2D eigenvalue weighted by Crippen LogP contribution is -2.55. The summed E-state index contributed by atoms with van der Waals surface area (Å²) in [6.45, 7) is 2.21. The molecule has 0 aliphatic rings. The lowest BCUT2D eigenvalue weighted by molar-refractivity contribution is -0.491. The molecule has 9 heteroatoms. The topological polar surface area (TPSA) is 75.5 Å². The molecule has 0 aromatic carbocycles. The van der Waals surface area contributed by atoms with E-state index in [1.165, 1.54) is 19.0 Å². The van der Waals surface area contributed by atoms with Crippen LogP contribution < -0.4 is 5.32 Å². The lowest BCUT2D eigenvalue weighted by atomic mass is 10.0. The van der Waals surface area contributed by atoms with E-state index in [4.69, 9.17) is 0 Å². The number of likely N-dealkylation sites (N-methyl/N-ethyl adjacent to an activating group) is 1. The third kappa shape index (κ3) is 6.69. The van der Waals surface area contributed by atoms with Gasteiger partial charge in [-0.2, -0.15) is 13.2 Å². The van der Waals surface area contributed by atoms with Crippen molar-refractivity contribution < 1.29 is 22.9 Å². The van der Waals surface area contributed by atoms with Crippen LogP contribution in [0.3, 0.4) is 0 Å². The van der Waals surface area contributed by atoms with Crippen molar-refractivity contribution in [3.63, 3.8) is 0 Å². The first-order valence-corrected chi connectivity index (χ1v) is 6.10. The number of carbonyl (C=O) groups is 1. The molecule has 0 radical (unpaired) electrons. The summed E-state index contributed by atoms with van der Waals surface area (Å²) >= 11 is 0. The molecular formula is C11H20F3N3O3. The summed E-state index contributed by atoms with van der Waals surface area (Å²) in [7, 11) is 2.85. The van der Waals surface area contributed by atoms with Crippen molar-refractivity contribution in [2.75, 3.05) is 20.6 Å². The number of halogens is 3. The Morgan fingerprint density at radius 3 is 2.15 bits per heavy atom. The normalized spacial score (nSPS) is 15.0. The van der Waals surface area contributed by atoms with Crippen LogP contribution in [-0.2, 0) is 4.79 Å². The van der Waals surface area contributed by atoms with Crippen molar-refractivity contribution in [1.82, 2.24) is 10.2 Å². The Morgan fingerprint density at radius 1 is 1.35 bits per heavy atom. The summed E-state index contributed by atoms with van der Waals surface area (Å²) in [4.78, 5) is 22.3. The van der Waals surface area contributed by atoms with Crippen LogP contribution in [0.2, 0.25) is 0 Å². The first kappa shape index (κ1) is 18.6. The van der Waals surface area contributed by atoms with Crippen molar-refractivity contribution in [2.45, 2.75) is 38.5 Å². The van der Waals surface area contributed by atoms with Crippen molar-refractivity contribution in [2.24, 2.45) is 5.92 Å². The highest BCUT2D eigenvalue weighted by Gasteiger charge is 2.45. The molecule has 1 amide bonds. The van der Waals surface area contributed by atoms with Gasteiger partial charge in [0, 0.05) is 19.0 Å². The molecule has 0 spiro atoms. The maximum atomic E-state index is 12.8. The zero-order chi connectivity index (χ0) is 16.1. The van der Waals surface area contributed by atoms with Crippen LogP contribution in [0.15, 0.2) is 0 Å². The third-order valence-corrected chi connectivity index (χ3v) is 2.58. The van der Waals surface area contributed by atoms with Gasteiger partial charge < -0.3 is 4.90 Å². The van der Waals surface area contributed by atoms with Crippen molar-refractivity contribution >= 4 is 5.91 Å². The molecular weight excluding hydrogens is 279 g/mol. The Morgan fingerprint density at radius 2 is 1.85 bits per heavy atom. The fraction of sp³-hybridized carbons (Fsp3) is 0.909. The van der Waals surface area contributed by atoms with Crippen LogP contribution in [0.5, 0.6) is 0 Å². The Kier molecular flexibility index (Phi) is 6.90. The Balaban J connectivity index is 5.06. The number of amides is 1. The highest BCUT2D eigenvalue weighted by atomic mass is 19.4. The predicted molar refractivity (Wildman–Crippen MR) is 66.8 cm³/mol. The minimum absolute atomic E-state index is 0.0270. The van der Waals surface area contributed by atoms with Gasteiger partial charge in [-0.25, -0.2) is 0 Å². The van der Waals surface area contributed by atoms with Crippen molar-refractivity contribution in [3.8, 4) is 0 Å². The summed E-state index contributed by atoms with van der Waals surface area (Å²) < 4.78 is 38.3. The van der Waals surface area contributed by atoms with E-state index in [9.17, 15) is 28.1 Å². The van der Waals surface area contributed by atoms with E-state index in [1.54, 1.807) is 13.8 Å². The van der Waals surface area contributed by atoms with Gasteiger partial charge in [-0.15, -0.1) is 0 Å². The van der Waals surface area contributed by atoms with Crippen LogP contribution in [0.4, 0.5) is 13.2 Å². The van der Waals surface area contributed by atoms with E-state index >= 15 is 0 Å². The van der Waals surface area contributed by atoms with Crippen molar-refractivity contribution in [1.29, 1.82) is 0 Å². The fourth-order valence-corrected chi connectivity index (χ4v) is 1.67. The quantitative estimate of drug-likeness (QED) is 0.568. The Bertz CT molecular complexity index is 346. The standard InChI is InChI=1S/C11H20F3N3O3/c1-7(2)5-8(10(18)16(3)4)15-9(6-17(19)20)11(12,13)14/h7-9,15H,5-6H2,1-4H3/t8-,9-/m0/s1. The Labute approximate surface area is 115 Å². The molecule has 0 aliphatic carbocycles. The van der Waals surface area contributed by atoms with E-state index in [1.807, 2.05) is 0 Å². The summed E-state index contributed by atoms with van der Waals surface area (Å²) in [5.41, 5.74) is 0. The maximum absolute atomic E-state index is 12.8. The molecule has 0 aliphatic heterocycles. The average Bonchev–Trinajstić information content (AvgIpc) is 2.23. The molecule has 0 bridgehead atoms. The molecule has 0 fully saturated rings. The van der Waals surface area contributed by atoms with Crippen LogP contribution in [0.1, 0.15) is 20.3 Å². The number of nitrogens with one attached hydrogen (secondary N) is 1. The summed E-state index contributed by atoms with van der Waals surface area (Å²) in [6, 6.07) is -3.44. The molecule has 0 saturated carbocycles. The number of rotatable bonds is 7. The van der Waals surface area contributed by atoms with E-state index in [0.29, 0.717) is 0 Å². The minimum atomic E-state index is -4.78. The molecule has 0 unspecified atom stereocenters. The number of hydrogen-bond donors (Lipinski definition) is 1. The third-order valence-electron chi connectivity index (χ3n) is 2.58. The molecule has 2 atom stereocenters. The monoisotopic (exact) mass is 299 g/mol. The smallest absolute Gasteiger partial charge is 0.347 e. The number of nitro groups is 1. The first-order chi connectivity index (χ1) is 8.95. The maximum Gasteiger partial charge on any atom is 0.410 e. The second-order valence-electron chi connectivity index (χ2n) is 5.19. The van der Waals surface area contributed by atoms with E-state index < -0.39 is 35.6 Å². The van der Waals surface area contributed by atoms with Gasteiger partial charge in [-0.3, -0.25) is 20.2 Å². The molecule has 0 saturated heterocycles. The number of hydrogen-bond acceptors (Lipinski definition) is 4. The molecule has 0 heterocycles. The minimum Gasteiger partial charge on any atom is -0.347 e. The van der Waals surface area contributed by atoms with Gasteiger partial charge in [0.2, 0.25) is 12.5 Å². The number of carbonyl (C=O) groups excluding carboxylic acids is 1. The highest BCUT2D eigenvalue weighted by molar-refractivity contribution is 5.81. The van der Waals surface area contributed by atoms with Crippen molar-refractivity contribution in [3.05, 3.63) is 10.1 Å². The van der Waals surface area contributed by atoms with Gasteiger partial charge in [0.05, 0.1) is 6.04 Å². The highest BCUT2D eigenvalue weighted by Crippen LogP contribution is 2.22. The van der Waals surface area contributed by atoms with Gasteiger partial charge in [0.25, 0.3) is 0 Å².